The first-order chi connectivity index (χ1) is 8.22. The van der Waals surface area contributed by atoms with Crippen LogP contribution in [0.3, 0.4) is 0 Å². The summed E-state index contributed by atoms with van der Waals surface area (Å²) < 4.78 is 0. The average molecular weight is 328 g/mol. The number of phenols is 1. The molecule has 0 radical (unpaired) electrons. The van der Waals surface area contributed by atoms with Crippen LogP contribution in [0.4, 0.5) is 0 Å². The predicted molar refractivity (Wildman–Crippen MR) is 85.1 cm³/mol. The highest BCUT2D eigenvalue weighted by Gasteiger charge is 2.22. The molecule has 110 valence electrons. The number of phenolic OH excluding ortho intramolecular Hbond substituents is 1. The first-order valence-electron chi connectivity index (χ1n) is 6.15. The molecule has 1 aromatic rings. The van der Waals surface area contributed by atoms with E-state index in [2.05, 4.69) is 17.1 Å². The van der Waals surface area contributed by atoms with Gasteiger partial charge in [-0.1, -0.05) is 18.5 Å². The molecule has 1 atom stereocenters. The zero-order valence-corrected chi connectivity index (χ0v) is 13.3. The molecule has 0 amide bonds. The second kappa shape index (κ2) is 8.88. The van der Waals surface area contributed by atoms with E-state index in [1.165, 1.54) is 0 Å². The maximum atomic E-state index is 9.97. The first kappa shape index (κ1) is 18.8. The maximum Gasteiger partial charge on any atom is 0.120 e. The van der Waals surface area contributed by atoms with E-state index >= 15 is 0 Å². The van der Waals surface area contributed by atoms with Crippen molar-refractivity contribution in [3.05, 3.63) is 28.8 Å². The fraction of sp³-hybridized carbons (Fsp3) is 0.538. The van der Waals surface area contributed by atoms with Gasteiger partial charge in [0.2, 0.25) is 0 Å². The molecule has 1 saturated heterocycles. The summed E-state index contributed by atoms with van der Waals surface area (Å²) in [6.45, 7) is 6.21. The van der Waals surface area contributed by atoms with Gasteiger partial charge in [-0.3, -0.25) is 4.90 Å². The minimum atomic E-state index is 0. The van der Waals surface area contributed by atoms with Crippen LogP contribution in [-0.4, -0.2) is 36.2 Å². The van der Waals surface area contributed by atoms with E-state index in [4.69, 9.17) is 11.6 Å². The van der Waals surface area contributed by atoms with Gasteiger partial charge in [0.15, 0.2) is 0 Å². The van der Waals surface area contributed by atoms with Crippen molar-refractivity contribution < 1.29 is 5.11 Å². The van der Waals surface area contributed by atoms with E-state index in [1.54, 1.807) is 12.1 Å². The molecule has 19 heavy (non-hydrogen) atoms. The van der Waals surface area contributed by atoms with Crippen LogP contribution in [0.2, 0.25) is 5.02 Å². The smallest absolute Gasteiger partial charge is 0.120 e. The van der Waals surface area contributed by atoms with Gasteiger partial charge in [0.1, 0.15) is 5.75 Å². The van der Waals surface area contributed by atoms with Gasteiger partial charge in [0.25, 0.3) is 0 Å². The summed E-state index contributed by atoms with van der Waals surface area (Å²) >= 11 is 6.01. The van der Waals surface area contributed by atoms with Gasteiger partial charge in [-0.2, -0.15) is 0 Å². The number of piperazine rings is 1. The summed E-state index contributed by atoms with van der Waals surface area (Å²) in [5, 5.41) is 14.0. The van der Waals surface area contributed by atoms with Crippen molar-refractivity contribution in [2.24, 2.45) is 0 Å². The normalized spacial score (nSPS) is 17.2. The molecule has 1 aliphatic heterocycles. The molecule has 2 N–H and O–H groups in total. The van der Waals surface area contributed by atoms with Crippen molar-refractivity contribution in [3.8, 4) is 5.75 Å². The van der Waals surface area contributed by atoms with Crippen LogP contribution in [0, 0.1) is 0 Å². The Morgan fingerprint density at radius 3 is 2.53 bits per heavy atom. The third kappa shape index (κ3) is 4.69. The number of benzene rings is 1. The highest BCUT2D eigenvalue weighted by Crippen LogP contribution is 2.33. The quantitative estimate of drug-likeness (QED) is 0.894. The monoisotopic (exact) mass is 326 g/mol. The minimum absolute atomic E-state index is 0. The van der Waals surface area contributed by atoms with Crippen LogP contribution in [0.15, 0.2) is 18.2 Å². The van der Waals surface area contributed by atoms with E-state index in [0.717, 1.165) is 38.2 Å². The van der Waals surface area contributed by atoms with Gasteiger partial charge in [-0.25, -0.2) is 0 Å². The second-order valence-corrected chi connectivity index (χ2v) is 4.85. The summed E-state index contributed by atoms with van der Waals surface area (Å²) in [4.78, 5) is 2.40. The SMILES string of the molecule is CC[C@@H](c1cc(Cl)ccc1O)N1CCNCC1.Cl.Cl. The van der Waals surface area contributed by atoms with Gasteiger partial charge in [0, 0.05) is 42.8 Å². The van der Waals surface area contributed by atoms with Crippen molar-refractivity contribution in [1.29, 1.82) is 0 Å². The lowest BCUT2D eigenvalue weighted by Crippen LogP contribution is -2.45. The Kier molecular flexibility index (Phi) is 8.79. The molecule has 1 aromatic carbocycles. The van der Waals surface area contributed by atoms with Crippen LogP contribution >= 0.6 is 36.4 Å². The Hall–Kier alpha value is -0.190. The molecular formula is C13H21Cl3N2O. The molecule has 0 aliphatic carbocycles. The molecule has 1 aliphatic rings. The molecule has 2 rings (SSSR count). The number of hydrogen-bond acceptors (Lipinski definition) is 3. The van der Waals surface area contributed by atoms with E-state index in [1.807, 2.05) is 6.07 Å². The topological polar surface area (TPSA) is 35.5 Å². The van der Waals surface area contributed by atoms with Crippen LogP contribution in [0.25, 0.3) is 0 Å². The first-order valence-corrected chi connectivity index (χ1v) is 6.53. The Bertz CT molecular complexity index is 384. The summed E-state index contributed by atoms with van der Waals surface area (Å²) in [6, 6.07) is 5.55. The lowest BCUT2D eigenvalue weighted by atomic mass is 10.0. The van der Waals surface area contributed by atoms with Crippen molar-refractivity contribution in [3.63, 3.8) is 0 Å². The number of halogens is 3. The summed E-state index contributed by atoms with van der Waals surface area (Å²) in [6.07, 6.45) is 0.980. The summed E-state index contributed by atoms with van der Waals surface area (Å²) in [5.74, 6) is 0.347. The molecule has 0 unspecified atom stereocenters. The second-order valence-electron chi connectivity index (χ2n) is 4.41. The Labute approximate surface area is 132 Å². The van der Waals surface area contributed by atoms with Crippen LogP contribution < -0.4 is 5.32 Å². The summed E-state index contributed by atoms with van der Waals surface area (Å²) in [7, 11) is 0. The molecule has 1 heterocycles. The van der Waals surface area contributed by atoms with Crippen molar-refractivity contribution in [1.82, 2.24) is 10.2 Å². The molecule has 0 saturated carbocycles. The van der Waals surface area contributed by atoms with Crippen molar-refractivity contribution >= 4 is 36.4 Å². The number of nitrogens with one attached hydrogen (secondary N) is 1. The Balaban J connectivity index is 0.00000162. The third-order valence-electron chi connectivity index (χ3n) is 3.33. The van der Waals surface area contributed by atoms with E-state index in [9.17, 15) is 5.11 Å². The number of nitrogens with zero attached hydrogens (tertiary/aromatic N) is 1. The fourth-order valence-corrected chi connectivity index (χ4v) is 2.64. The lowest BCUT2D eigenvalue weighted by Gasteiger charge is -2.35. The zero-order chi connectivity index (χ0) is 12.3. The molecule has 0 aromatic heterocycles. The molecule has 0 bridgehead atoms. The maximum absolute atomic E-state index is 9.97. The van der Waals surface area contributed by atoms with Crippen molar-refractivity contribution in [2.45, 2.75) is 19.4 Å². The van der Waals surface area contributed by atoms with Crippen LogP contribution in [0.5, 0.6) is 5.75 Å². The van der Waals surface area contributed by atoms with E-state index in [-0.39, 0.29) is 30.9 Å². The molecule has 0 spiro atoms. The van der Waals surface area contributed by atoms with Gasteiger partial charge in [-0.05, 0) is 24.6 Å². The molecule has 1 fully saturated rings. The predicted octanol–water partition coefficient (Wildman–Crippen LogP) is 3.25. The van der Waals surface area contributed by atoms with E-state index < -0.39 is 0 Å². The largest absolute Gasteiger partial charge is 0.508 e. The summed E-state index contributed by atoms with van der Waals surface area (Å²) in [5.41, 5.74) is 0.946. The molecule has 3 nitrogen and oxygen atoms in total. The van der Waals surface area contributed by atoms with E-state index in [0.29, 0.717) is 10.8 Å². The number of hydrogen-bond donors (Lipinski definition) is 2. The molecular weight excluding hydrogens is 307 g/mol. The average Bonchev–Trinajstić information content (AvgIpc) is 2.36. The zero-order valence-electron chi connectivity index (χ0n) is 10.9. The third-order valence-corrected chi connectivity index (χ3v) is 3.56. The number of rotatable bonds is 3. The number of aromatic hydroxyl groups is 1. The Morgan fingerprint density at radius 1 is 1.32 bits per heavy atom. The van der Waals surface area contributed by atoms with Gasteiger partial charge >= 0.3 is 0 Å². The fourth-order valence-electron chi connectivity index (χ4n) is 2.46. The Morgan fingerprint density at radius 2 is 1.95 bits per heavy atom. The minimum Gasteiger partial charge on any atom is -0.508 e. The van der Waals surface area contributed by atoms with Crippen LogP contribution in [-0.2, 0) is 0 Å². The van der Waals surface area contributed by atoms with Gasteiger partial charge < -0.3 is 10.4 Å². The standard InChI is InChI=1S/C13H19ClN2O.2ClH/c1-2-12(16-7-5-15-6-8-16)11-9-10(14)3-4-13(11)17;;/h3-4,9,12,15,17H,2,5-8H2,1H3;2*1H/t12-;;/m0../s1. The highest BCUT2D eigenvalue weighted by atomic mass is 35.5. The highest BCUT2D eigenvalue weighted by molar-refractivity contribution is 6.30. The lowest BCUT2D eigenvalue weighted by molar-refractivity contribution is 0.167. The van der Waals surface area contributed by atoms with Crippen molar-refractivity contribution in [2.75, 3.05) is 26.2 Å². The van der Waals surface area contributed by atoms with Gasteiger partial charge in [-0.15, -0.1) is 24.8 Å². The molecule has 6 heteroatoms. The van der Waals surface area contributed by atoms with Crippen LogP contribution in [0.1, 0.15) is 24.9 Å². The van der Waals surface area contributed by atoms with Gasteiger partial charge in [0.05, 0.1) is 0 Å².